The number of nitrogens with zero attached hydrogens (tertiary/aromatic N) is 3. The van der Waals surface area contributed by atoms with Gasteiger partial charge in [0.15, 0.2) is 0 Å². The number of anilines is 1. The number of carbonyl (C=O) groups is 1. The van der Waals surface area contributed by atoms with E-state index < -0.39 is 0 Å². The molecule has 0 atom stereocenters. The Morgan fingerprint density at radius 2 is 1.61 bits per heavy atom. The first-order chi connectivity index (χ1) is 13.7. The highest BCUT2D eigenvalue weighted by atomic mass is 16.1. The van der Waals surface area contributed by atoms with Crippen LogP contribution >= 0.6 is 0 Å². The fraction of sp³-hybridized carbons (Fsp3) is 0.261. The summed E-state index contributed by atoms with van der Waals surface area (Å²) >= 11 is 0. The zero-order valence-corrected chi connectivity index (χ0v) is 16.4. The molecule has 0 saturated heterocycles. The van der Waals surface area contributed by atoms with Gasteiger partial charge in [-0.3, -0.25) is 4.79 Å². The van der Waals surface area contributed by atoms with Crippen molar-refractivity contribution in [2.75, 3.05) is 18.0 Å². The number of aryl methyl sites for hydroxylation is 1. The predicted octanol–water partition coefficient (Wildman–Crippen LogP) is 3.78. The quantitative estimate of drug-likeness (QED) is 0.652. The first-order valence-corrected chi connectivity index (χ1v) is 9.62. The molecule has 0 spiro atoms. The van der Waals surface area contributed by atoms with Gasteiger partial charge in [0.05, 0.1) is 0 Å². The molecule has 1 amide bonds. The van der Waals surface area contributed by atoms with E-state index in [1.807, 2.05) is 43.3 Å². The first kappa shape index (κ1) is 19.5. The van der Waals surface area contributed by atoms with Crippen LogP contribution in [0.2, 0.25) is 0 Å². The van der Waals surface area contributed by atoms with Crippen LogP contribution in [0.5, 0.6) is 0 Å². The summed E-state index contributed by atoms with van der Waals surface area (Å²) < 4.78 is 0. The fourth-order valence-corrected chi connectivity index (χ4v) is 2.99. The molecule has 0 aliphatic carbocycles. The molecule has 0 saturated carbocycles. The van der Waals surface area contributed by atoms with E-state index >= 15 is 0 Å². The minimum Gasteiger partial charge on any atom is -0.350 e. The average Bonchev–Trinajstić information content (AvgIpc) is 2.73. The van der Waals surface area contributed by atoms with E-state index in [-0.39, 0.29) is 5.91 Å². The van der Waals surface area contributed by atoms with Crippen molar-refractivity contribution in [2.24, 2.45) is 0 Å². The van der Waals surface area contributed by atoms with Crippen molar-refractivity contribution >= 4 is 11.9 Å². The molecule has 5 nitrogen and oxygen atoms in total. The van der Waals surface area contributed by atoms with Crippen LogP contribution < -0.4 is 10.2 Å². The number of rotatable bonds is 8. The largest absolute Gasteiger partial charge is 0.350 e. The average molecular weight is 374 g/mol. The number of carbonyl (C=O) groups excluding carboxylic acids is 1. The smallest absolute Gasteiger partial charge is 0.270 e. The number of hydrogen-bond donors (Lipinski definition) is 1. The van der Waals surface area contributed by atoms with Crippen LogP contribution in [0, 0.1) is 6.92 Å². The van der Waals surface area contributed by atoms with Crippen molar-refractivity contribution in [1.82, 2.24) is 15.3 Å². The third kappa shape index (κ3) is 5.39. The number of aromatic nitrogens is 2. The third-order valence-corrected chi connectivity index (χ3v) is 4.50. The summed E-state index contributed by atoms with van der Waals surface area (Å²) in [6, 6.07) is 22.0. The molecule has 0 aliphatic rings. The summed E-state index contributed by atoms with van der Waals surface area (Å²) in [5.41, 5.74) is 3.57. The molecule has 0 unspecified atom stereocenters. The van der Waals surface area contributed by atoms with Crippen molar-refractivity contribution in [1.29, 1.82) is 0 Å². The molecule has 0 bridgehead atoms. The second-order valence-electron chi connectivity index (χ2n) is 6.69. The third-order valence-electron chi connectivity index (χ3n) is 4.50. The maximum absolute atomic E-state index is 12.6. The molecule has 1 aromatic heterocycles. The summed E-state index contributed by atoms with van der Waals surface area (Å²) in [4.78, 5) is 23.7. The highest BCUT2D eigenvalue weighted by molar-refractivity contribution is 5.92. The maximum atomic E-state index is 12.6. The van der Waals surface area contributed by atoms with Crippen LogP contribution in [0.1, 0.15) is 34.2 Å². The molecule has 144 valence electrons. The van der Waals surface area contributed by atoms with Crippen LogP contribution in [0.15, 0.2) is 66.7 Å². The van der Waals surface area contributed by atoms with Crippen LogP contribution in [0.25, 0.3) is 0 Å². The summed E-state index contributed by atoms with van der Waals surface area (Å²) in [6.07, 6.45) is 0.790. The normalized spacial score (nSPS) is 10.5. The molecule has 5 heteroatoms. The Morgan fingerprint density at radius 3 is 2.25 bits per heavy atom. The Balaban J connectivity index is 1.68. The van der Waals surface area contributed by atoms with Crippen molar-refractivity contribution < 1.29 is 4.79 Å². The predicted molar refractivity (Wildman–Crippen MR) is 112 cm³/mol. The van der Waals surface area contributed by atoms with E-state index in [9.17, 15) is 4.79 Å². The van der Waals surface area contributed by atoms with Gasteiger partial charge in [-0.05, 0) is 37.5 Å². The highest BCUT2D eigenvalue weighted by Gasteiger charge is 2.14. The molecular weight excluding hydrogens is 348 g/mol. The van der Waals surface area contributed by atoms with Crippen LogP contribution in [0.3, 0.4) is 0 Å². The number of amides is 1. The van der Waals surface area contributed by atoms with Crippen molar-refractivity contribution in [3.63, 3.8) is 0 Å². The van der Waals surface area contributed by atoms with Crippen LogP contribution in [0.4, 0.5) is 5.95 Å². The zero-order chi connectivity index (χ0) is 19.8. The second kappa shape index (κ2) is 9.65. The lowest BCUT2D eigenvalue weighted by Crippen LogP contribution is -2.29. The van der Waals surface area contributed by atoms with Crippen molar-refractivity contribution in [2.45, 2.75) is 26.8 Å². The Hall–Kier alpha value is -3.21. The molecule has 3 aromatic rings. The van der Waals surface area contributed by atoms with Gasteiger partial charge in [0.25, 0.3) is 5.91 Å². The topological polar surface area (TPSA) is 58.1 Å². The maximum Gasteiger partial charge on any atom is 0.270 e. The van der Waals surface area contributed by atoms with E-state index in [1.54, 1.807) is 6.07 Å². The SMILES string of the molecule is CCN(Cc1ccccc1)c1nc(C)cc(C(=O)NCCc2ccccc2)n1. The minimum atomic E-state index is -0.168. The minimum absolute atomic E-state index is 0.168. The Morgan fingerprint density at radius 1 is 0.964 bits per heavy atom. The number of benzene rings is 2. The van der Waals surface area contributed by atoms with Gasteiger partial charge in [-0.2, -0.15) is 0 Å². The van der Waals surface area contributed by atoms with E-state index in [0.717, 1.165) is 18.7 Å². The van der Waals surface area contributed by atoms with Gasteiger partial charge in [-0.25, -0.2) is 9.97 Å². The van der Waals surface area contributed by atoms with Gasteiger partial charge in [0, 0.05) is 25.3 Å². The lowest BCUT2D eigenvalue weighted by atomic mass is 10.1. The molecule has 0 radical (unpaired) electrons. The van der Waals surface area contributed by atoms with Gasteiger partial charge >= 0.3 is 0 Å². The molecule has 2 aromatic carbocycles. The molecule has 3 rings (SSSR count). The number of nitrogens with one attached hydrogen (secondary N) is 1. The molecule has 0 fully saturated rings. The second-order valence-corrected chi connectivity index (χ2v) is 6.69. The van der Waals surface area contributed by atoms with Gasteiger partial charge in [-0.1, -0.05) is 60.7 Å². The first-order valence-electron chi connectivity index (χ1n) is 9.62. The Kier molecular flexibility index (Phi) is 6.73. The number of hydrogen-bond acceptors (Lipinski definition) is 4. The lowest BCUT2D eigenvalue weighted by molar-refractivity contribution is 0.0949. The van der Waals surface area contributed by atoms with E-state index in [0.29, 0.717) is 24.7 Å². The standard InChI is InChI=1S/C23H26N4O/c1-3-27(17-20-12-8-5-9-13-20)23-25-18(2)16-21(26-23)22(28)24-15-14-19-10-6-4-7-11-19/h4-13,16H,3,14-15,17H2,1-2H3,(H,24,28). The van der Waals surface area contributed by atoms with Gasteiger partial charge in [0.1, 0.15) is 5.69 Å². The van der Waals surface area contributed by atoms with Crippen LogP contribution in [-0.4, -0.2) is 29.0 Å². The monoisotopic (exact) mass is 374 g/mol. The molecule has 1 heterocycles. The van der Waals surface area contributed by atoms with Gasteiger partial charge in [-0.15, -0.1) is 0 Å². The summed E-state index contributed by atoms with van der Waals surface area (Å²) in [5, 5.41) is 2.96. The molecule has 28 heavy (non-hydrogen) atoms. The van der Waals surface area contributed by atoms with E-state index in [4.69, 9.17) is 0 Å². The molecular formula is C23H26N4O. The van der Waals surface area contributed by atoms with Crippen molar-refractivity contribution in [3.8, 4) is 0 Å². The summed E-state index contributed by atoms with van der Waals surface area (Å²) in [5.74, 6) is 0.415. The van der Waals surface area contributed by atoms with Gasteiger partial charge < -0.3 is 10.2 Å². The Bertz CT molecular complexity index is 897. The highest BCUT2D eigenvalue weighted by Crippen LogP contribution is 2.14. The van der Waals surface area contributed by atoms with Crippen LogP contribution in [-0.2, 0) is 13.0 Å². The fourth-order valence-electron chi connectivity index (χ4n) is 2.99. The van der Waals surface area contributed by atoms with E-state index in [1.165, 1.54) is 11.1 Å². The zero-order valence-electron chi connectivity index (χ0n) is 16.4. The van der Waals surface area contributed by atoms with Crippen molar-refractivity contribution in [3.05, 3.63) is 89.2 Å². The van der Waals surface area contributed by atoms with Gasteiger partial charge in [0.2, 0.25) is 5.95 Å². The molecule has 1 N–H and O–H groups in total. The summed E-state index contributed by atoms with van der Waals surface area (Å²) in [6.45, 7) is 5.99. The van der Waals surface area contributed by atoms with E-state index in [2.05, 4.69) is 51.4 Å². The Labute approximate surface area is 166 Å². The lowest BCUT2D eigenvalue weighted by Gasteiger charge is -2.21. The molecule has 0 aliphatic heterocycles. The summed E-state index contributed by atoms with van der Waals surface area (Å²) in [7, 11) is 0.